The first-order valence-electron chi connectivity index (χ1n) is 7.93. The Bertz CT molecular complexity index is 980. The summed E-state index contributed by atoms with van der Waals surface area (Å²) in [7, 11) is 4.54. The van der Waals surface area contributed by atoms with E-state index in [0.29, 0.717) is 28.0 Å². The van der Waals surface area contributed by atoms with Gasteiger partial charge in [0, 0.05) is 11.6 Å². The minimum Gasteiger partial charge on any atom is -0.496 e. The second kappa shape index (κ2) is 8.05. The number of fused-ring (bicyclic) bond motifs is 1. The predicted octanol–water partition coefficient (Wildman–Crippen LogP) is 3.81. The summed E-state index contributed by atoms with van der Waals surface area (Å²) in [6.07, 6.45) is 1.51. The van der Waals surface area contributed by atoms with Crippen LogP contribution in [0.2, 0.25) is 0 Å². The minimum absolute atomic E-state index is 0.0829. The summed E-state index contributed by atoms with van der Waals surface area (Å²) in [4.78, 5) is 19.4. The van der Waals surface area contributed by atoms with Gasteiger partial charge in [0.25, 0.3) is 0 Å². The summed E-state index contributed by atoms with van der Waals surface area (Å²) < 4.78 is 15.9. The zero-order chi connectivity index (χ0) is 19.4. The Morgan fingerprint density at radius 1 is 1.07 bits per heavy atom. The van der Waals surface area contributed by atoms with Crippen molar-refractivity contribution in [2.45, 2.75) is 5.16 Å². The Hall–Kier alpha value is -3.13. The highest BCUT2D eigenvalue weighted by atomic mass is 32.2. The monoisotopic (exact) mass is 386 g/mol. The number of methoxy groups -OCH3 is 3. The van der Waals surface area contributed by atoms with Gasteiger partial charge in [-0.2, -0.15) is 0 Å². The Morgan fingerprint density at radius 2 is 1.74 bits per heavy atom. The molecule has 1 aromatic heterocycles. The molecule has 3 aromatic rings. The molecule has 0 unspecified atom stereocenters. The summed E-state index contributed by atoms with van der Waals surface area (Å²) in [6, 6.07) is 10.8. The fourth-order valence-electron chi connectivity index (χ4n) is 2.52. The van der Waals surface area contributed by atoms with E-state index >= 15 is 0 Å². The summed E-state index contributed by atoms with van der Waals surface area (Å²) in [5.41, 5.74) is 2.16. The highest BCUT2D eigenvalue weighted by molar-refractivity contribution is 8.04. The average Bonchev–Trinajstić information content (AvgIpc) is 3.09. The quantitative estimate of drug-likeness (QED) is 0.471. The second-order valence-electron chi connectivity index (χ2n) is 5.42. The topological polar surface area (TPSA) is 93.7 Å². The van der Waals surface area contributed by atoms with Crippen LogP contribution in [0.3, 0.4) is 0 Å². The van der Waals surface area contributed by atoms with Gasteiger partial charge in [-0.1, -0.05) is 12.1 Å². The van der Waals surface area contributed by atoms with E-state index in [4.69, 9.17) is 14.2 Å². The molecule has 1 heterocycles. The first kappa shape index (κ1) is 18.7. The third-order valence-electron chi connectivity index (χ3n) is 3.81. The number of aromatic nitrogens is 2. The minimum atomic E-state index is -1.07. The van der Waals surface area contributed by atoms with Crippen molar-refractivity contribution in [3.05, 3.63) is 46.9 Å². The van der Waals surface area contributed by atoms with Gasteiger partial charge >= 0.3 is 5.97 Å². The van der Waals surface area contributed by atoms with Crippen molar-refractivity contribution in [2.75, 3.05) is 21.3 Å². The molecule has 2 N–H and O–H groups in total. The fourth-order valence-corrected chi connectivity index (χ4v) is 3.31. The number of imidazole rings is 1. The Kier molecular flexibility index (Phi) is 5.56. The van der Waals surface area contributed by atoms with Crippen LogP contribution in [-0.2, 0) is 4.79 Å². The van der Waals surface area contributed by atoms with Crippen LogP contribution in [0, 0.1) is 0 Å². The van der Waals surface area contributed by atoms with E-state index in [9.17, 15) is 9.90 Å². The Morgan fingerprint density at radius 3 is 2.37 bits per heavy atom. The molecule has 0 aliphatic heterocycles. The number of benzene rings is 2. The van der Waals surface area contributed by atoms with E-state index < -0.39 is 5.97 Å². The first-order valence-corrected chi connectivity index (χ1v) is 8.75. The summed E-state index contributed by atoms with van der Waals surface area (Å²) >= 11 is 1.03. The van der Waals surface area contributed by atoms with Crippen LogP contribution in [0.5, 0.6) is 17.2 Å². The number of nitrogens with one attached hydrogen (secondary N) is 1. The summed E-state index contributed by atoms with van der Waals surface area (Å²) in [6.45, 7) is 0. The number of aromatic amines is 1. The molecule has 2 aromatic carbocycles. The van der Waals surface area contributed by atoms with E-state index in [1.165, 1.54) is 27.4 Å². The third-order valence-corrected chi connectivity index (χ3v) is 4.71. The highest BCUT2D eigenvalue weighted by Gasteiger charge is 2.16. The average molecular weight is 386 g/mol. The number of carbonyl (C=O) groups is 1. The number of thioether (sulfide) groups is 1. The van der Waals surface area contributed by atoms with Gasteiger partial charge in [-0.15, -0.1) is 0 Å². The molecule has 0 saturated heterocycles. The SMILES string of the molecule is COc1cc(OC)c(OC)cc1/C=C(\Sc1nc2ccccc2[nH]1)C(=O)O. The van der Waals surface area contributed by atoms with Crippen LogP contribution in [0.4, 0.5) is 0 Å². The number of nitrogens with zero attached hydrogens (tertiary/aromatic N) is 1. The van der Waals surface area contributed by atoms with Crippen LogP contribution in [0.15, 0.2) is 46.5 Å². The molecule has 7 nitrogen and oxygen atoms in total. The van der Waals surface area contributed by atoms with Crippen LogP contribution in [0.25, 0.3) is 17.1 Å². The molecule has 8 heteroatoms. The van der Waals surface area contributed by atoms with Gasteiger partial charge in [0.1, 0.15) is 10.7 Å². The van der Waals surface area contributed by atoms with Crippen molar-refractivity contribution in [2.24, 2.45) is 0 Å². The van der Waals surface area contributed by atoms with Gasteiger partial charge in [-0.3, -0.25) is 0 Å². The molecular formula is C19H18N2O5S. The number of aliphatic carboxylic acids is 1. The highest BCUT2D eigenvalue weighted by Crippen LogP contribution is 2.37. The number of hydrogen-bond acceptors (Lipinski definition) is 6. The predicted molar refractivity (Wildman–Crippen MR) is 104 cm³/mol. The van der Waals surface area contributed by atoms with Gasteiger partial charge < -0.3 is 24.3 Å². The van der Waals surface area contributed by atoms with Crippen LogP contribution < -0.4 is 14.2 Å². The van der Waals surface area contributed by atoms with E-state index in [1.54, 1.807) is 12.1 Å². The number of ether oxygens (including phenoxy) is 3. The maximum absolute atomic E-state index is 11.8. The molecule has 0 amide bonds. The molecule has 0 aliphatic carbocycles. The number of rotatable bonds is 7. The van der Waals surface area contributed by atoms with Gasteiger partial charge in [0.2, 0.25) is 0 Å². The zero-order valence-corrected chi connectivity index (χ0v) is 15.8. The fraction of sp³-hybridized carbons (Fsp3) is 0.158. The molecule has 0 spiro atoms. The zero-order valence-electron chi connectivity index (χ0n) is 15.0. The normalized spacial score (nSPS) is 11.4. The van der Waals surface area contributed by atoms with Gasteiger partial charge in [-0.05, 0) is 36.0 Å². The van der Waals surface area contributed by atoms with Crippen molar-refractivity contribution in [1.82, 2.24) is 9.97 Å². The van der Waals surface area contributed by atoms with Crippen molar-refractivity contribution in [3.63, 3.8) is 0 Å². The lowest BCUT2D eigenvalue weighted by Crippen LogP contribution is -1.99. The number of hydrogen-bond donors (Lipinski definition) is 2. The first-order chi connectivity index (χ1) is 13.0. The molecule has 0 radical (unpaired) electrons. The number of carboxylic acids is 1. The second-order valence-corrected chi connectivity index (χ2v) is 6.45. The third kappa shape index (κ3) is 4.01. The molecule has 0 bridgehead atoms. The maximum atomic E-state index is 11.8. The standard InChI is InChI=1S/C19H18N2O5S/c1-24-14-10-16(26-3)15(25-2)8-11(14)9-17(18(22)23)27-19-20-12-6-4-5-7-13(12)21-19/h4-10H,1-3H3,(H,20,21)(H,22,23)/b17-9-. The molecule has 3 rings (SSSR count). The lowest BCUT2D eigenvalue weighted by molar-refractivity contribution is -0.131. The lowest BCUT2D eigenvalue weighted by Gasteiger charge is -2.12. The number of H-pyrrole nitrogens is 1. The van der Waals surface area contributed by atoms with E-state index in [0.717, 1.165) is 22.8 Å². The van der Waals surface area contributed by atoms with E-state index in [-0.39, 0.29) is 4.91 Å². The van der Waals surface area contributed by atoms with Crippen LogP contribution in [-0.4, -0.2) is 42.4 Å². The van der Waals surface area contributed by atoms with Crippen molar-refractivity contribution >= 4 is 34.8 Å². The van der Waals surface area contributed by atoms with Crippen molar-refractivity contribution in [3.8, 4) is 17.2 Å². The van der Waals surface area contributed by atoms with Crippen molar-refractivity contribution in [1.29, 1.82) is 0 Å². The maximum Gasteiger partial charge on any atom is 0.342 e. The van der Waals surface area contributed by atoms with Gasteiger partial charge in [0.05, 0.1) is 32.4 Å². The molecular weight excluding hydrogens is 368 g/mol. The molecule has 140 valence electrons. The number of carboxylic acid groups (broad SMARTS) is 1. The largest absolute Gasteiger partial charge is 0.496 e. The Balaban J connectivity index is 2.01. The molecule has 0 atom stereocenters. The van der Waals surface area contributed by atoms with E-state index in [1.807, 2.05) is 24.3 Å². The van der Waals surface area contributed by atoms with Gasteiger partial charge in [-0.25, -0.2) is 9.78 Å². The van der Waals surface area contributed by atoms with Gasteiger partial charge in [0.15, 0.2) is 16.7 Å². The molecule has 0 saturated carbocycles. The molecule has 0 fully saturated rings. The van der Waals surface area contributed by atoms with E-state index in [2.05, 4.69) is 9.97 Å². The number of para-hydroxylation sites is 2. The summed E-state index contributed by atoms with van der Waals surface area (Å²) in [5.74, 6) is 0.366. The van der Waals surface area contributed by atoms with Crippen molar-refractivity contribution < 1.29 is 24.1 Å². The van der Waals surface area contributed by atoms with Crippen LogP contribution >= 0.6 is 11.8 Å². The van der Waals surface area contributed by atoms with Crippen LogP contribution in [0.1, 0.15) is 5.56 Å². The Labute approximate surface area is 160 Å². The lowest BCUT2D eigenvalue weighted by atomic mass is 10.1. The summed E-state index contributed by atoms with van der Waals surface area (Å²) in [5, 5.41) is 10.1. The molecule has 0 aliphatic rings. The molecule has 27 heavy (non-hydrogen) atoms. The smallest absolute Gasteiger partial charge is 0.342 e.